The maximum Gasteiger partial charge on any atom is 0.224 e. The van der Waals surface area contributed by atoms with E-state index in [1.165, 1.54) is 6.07 Å². The molecule has 10 heteroatoms. The van der Waals surface area contributed by atoms with Crippen molar-refractivity contribution in [3.8, 4) is 33.9 Å². The van der Waals surface area contributed by atoms with Crippen molar-refractivity contribution >= 4 is 33.5 Å². The molecule has 0 aliphatic rings. The summed E-state index contributed by atoms with van der Waals surface area (Å²) in [5.74, 6) is -0.0416. The summed E-state index contributed by atoms with van der Waals surface area (Å²) in [6.07, 6.45) is 10.5. The summed E-state index contributed by atoms with van der Waals surface area (Å²) in [5, 5.41) is 10.6. The summed E-state index contributed by atoms with van der Waals surface area (Å²) in [6, 6.07) is 10.6. The average Bonchev–Trinajstić information content (AvgIpc) is 3.57. The lowest BCUT2D eigenvalue weighted by Crippen LogP contribution is -2.11. The lowest BCUT2D eigenvalue weighted by molar-refractivity contribution is -0.116. The van der Waals surface area contributed by atoms with Gasteiger partial charge >= 0.3 is 0 Å². The number of carbonyl (C=O) groups excluding carboxylic acids is 1. The SMILES string of the molecule is CCCCC(=O)Nc1cncc(-c2cc(F)c3n[nH]c(-c4nc5c(-c6ccncc6)nccc5[nH]4)c3c2)c1. The number of H-pyrrole nitrogens is 2. The van der Waals surface area contributed by atoms with Gasteiger partial charge in [-0.05, 0) is 48.4 Å². The Hall–Kier alpha value is -4.99. The molecular formula is C28H23FN8O. The normalized spacial score (nSPS) is 11.3. The quantitative estimate of drug-likeness (QED) is 0.248. The monoisotopic (exact) mass is 506 g/mol. The van der Waals surface area contributed by atoms with Crippen molar-refractivity contribution in [2.45, 2.75) is 26.2 Å². The number of carbonyl (C=O) groups is 1. The number of imidazole rings is 1. The standard InChI is InChI=1S/C28H23FN8O/c1-2-3-4-23(38)33-19-11-18(14-31-15-19)17-12-20-25(21(29)13-17)36-37-26(20)28-34-22-7-10-32-24(27(22)35-28)16-5-8-30-9-6-16/h5-15H,2-4H2,1H3,(H,33,38)(H,34,35)(H,36,37). The highest BCUT2D eigenvalue weighted by molar-refractivity contribution is 5.98. The van der Waals surface area contributed by atoms with Crippen LogP contribution in [0.3, 0.4) is 0 Å². The second kappa shape index (κ2) is 9.81. The predicted molar refractivity (Wildman–Crippen MR) is 144 cm³/mol. The van der Waals surface area contributed by atoms with Gasteiger partial charge in [-0.15, -0.1) is 0 Å². The highest BCUT2D eigenvalue weighted by atomic mass is 19.1. The highest BCUT2D eigenvalue weighted by Crippen LogP contribution is 2.34. The highest BCUT2D eigenvalue weighted by Gasteiger charge is 2.18. The first-order chi connectivity index (χ1) is 18.6. The third-order valence-electron chi connectivity index (χ3n) is 6.32. The van der Waals surface area contributed by atoms with Gasteiger partial charge < -0.3 is 10.3 Å². The number of hydrogen-bond acceptors (Lipinski definition) is 6. The number of aromatic nitrogens is 7. The van der Waals surface area contributed by atoms with Crippen molar-refractivity contribution in [1.82, 2.24) is 35.1 Å². The minimum Gasteiger partial charge on any atom is -0.337 e. The smallest absolute Gasteiger partial charge is 0.224 e. The number of nitrogens with zero attached hydrogens (tertiary/aromatic N) is 5. The second-order valence-corrected chi connectivity index (χ2v) is 8.94. The van der Waals surface area contributed by atoms with Crippen LogP contribution in [-0.4, -0.2) is 41.0 Å². The number of nitrogens with one attached hydrogen (secondary N) is 3. The summed E-state index contributed by atoms with van der Waals surface area (Å²) >= 11 is 0. The van der Waals surface area contributed by atoms with E-state index in [1.807, 2.05) is 31.2 Å². The average molecular weight is 507 g/mol. The molecule has 5 aromatic heterocycles. The number of benzene rings is 1. The Labute approximate surface area is 216 Å². The first-order valence-corrected chi connectivity index (χ1v) is 12.3. The molecule has 0 aliphatic carbocycles. The molecule has 0 spiro atoms. The molecule has 1 aromatic carbocycles. The Balaban J connectivity index is 1.40. The first-order valence-electron chi connectivity index (χ1n) is 12.3. The van der Waals surface area contributed by atoms with Crippen LogP contribution in [0.25, 0.3) is 55.8 Å². The third-order valence-corrected chi connectivity index (χ3v) is 6.32. The van der Waals surface area contributed by atoms with E-state index >= 15 is 4.39 Å². The fourth-order valence-corrected chi connectivity index (χ4v) is 4.42. The van der Waals surface area contributed by atoms with Crippen molar-refractivity contribution in [1.29, 1.82) is 0 Å². The number of unbranched alkanes of at least 4 members (excludes halogenated alkanes) is 1. The predicted octanol–water partition coefficient (Wildman–Crippen LogP) is 5.89. The Kier molecular flexibility index (Phi) is 6.04. The number of anilines is 1. The van der Waals surface area contributed by atoms with Crippen molar-refractivity contribution < 1.29 is 9.18 Å². The van der Waals surface area contributed by atoms with Crippen LogP contribution >= 0.6 is 0 Å². The summed E-state index contributed by atoms with van der Waals surface area (Å²) in [4.78, 5) is 33.1. The molecule has 1 amide bonds. The Morgan fingerprint density at radius 1 is 0.974 bits per heavy atom. The van der Waals surface area contributed by atoms with Crippen LogP contribution in [0.15, 0.2) is 67.4 Å². The molecule has 9 nitrogen and oxygen atoms in total. The van der Waals surface area contributed by atoms with Crippen LogP contribution in [0, 0.1) is 5.82 Å². The van der Waals surface area contributed by atoms with E-state index in [9.17, 15) is 4.79 Å². The number of fused-ring (bicyclic) bond motifs is 2. The van der Waals surface area contributed by atoms with E-state index in [-0.39, 0.29) is 11.4 Å². The molecule has 0 fully saturated rings. The Morgan fingerprint density at radius 3 is 2.68 bits per heavy atom. The molecule has 0 saturated carbocycles. The van der Waals surface area contributed by atoms with Gasteiger partial charge in [0.25, 0.3) is 0 Å². The molecule has 0 unspecified atom stereocenters. The lowest BCUT2D eigenvalue weighted by atomic mass is 10.0. The van der Waals surface area contributed by atoms with Gasteiger partial charge in [0, 0.05) is 47.7 Å². The second-order valence-electron chi connectivity index (χ2n) is 8.94. The van der Waals surface area contributed by atoms with Crippen molar-refractivity contribution in [2.24, 2.45) is 0 Å². The lowest BCUT2D eigenvalue weighted by Gasteiger charge is -2.08. The maximum atomic E-state index is 15.2. The van der Waals surface area contributed by atoms with E-state index < -0.39 is 5.82 Å². The van der Waals surface area contributed by atoms with Gasteiger partial charge in [-0.3, -0.25) is 24.8 Å². The largest absolute Gasteiger partial charge is 0.337 e. The molecule has 0 radical (unpaired) electrons. The zero-order chi connectivity index (χ0) is 26.1. The molecule has 6 aromatic rings. The molecule has 0 aliphatic heterocycles. The topological polar surface area (TPSA) is 125 Å². The van der Waals surface area contributed by atoms with Crippen LogP contribution in [0.2, 0.25) is 0 Å². The van der Waals surface area contributed by atoms with Gasteiger partial charge in [0.15, 0.2) is 11.6 Å². The molecule has 6 rings (SSSR count). The number of pyridine rings is 3. The molecular weight excluding hydrogens is 483 g/mol. The number of aromatic amines is 2. The summed E-state index contributed by atoms with van der Waals surface area (Å²) in [5.41, 5.74) is 5.66. The van der Waals surface area contributed by atoms with Crippen LogP contribution in [-0.2, 0) is 4.79 Å². The minimum atomic E-state index is -0.479. The fraction of sp³-hybridized carbons (Fsp3) is 0.143. The molecule has 0 atom stereocenters. The summed E-state index contributed by atoms with van der Waals surface area (Å²) < 4.78 is 15.2. The van der Waals surface area contributed by atoms with Crippen molar-refractivity contribution in [3.05, 3.63) is 73.2 Å². The molecule has 3 N–H and O–H groups in total. The van der Waals surface area contributed by atoms with Gasteiger partial charge in [0.1, 0.15) is 16.7 Å². The van der Waals surface area contributed by atoms with E-state index in [4.69, 9.17) is 4.98 Å². The molecule has 188 valence electrons. The maximum absolute atomic E-state index is 15.2. The number of hydrogen-bond donors (Lipinski definition) is 3. The number of rotatable bonds is 7. The van der Waals surface area contributed by atoms with Gasteiger partial charge in [0.2, 0.25) is 5.91 Å². The first kappa shape index (κ1) is 23.4. The molecule has 0 bridgehead atoms. The molecule has 38 heavy (non-hydrogen) atoms. The minimum absolute atomic E-state index is 0.0740. The van der Waals surface area contributed by atoms with E-state index in [0.29, 0.717) is 51.4 Å². The van der Waals surface area contributed by atoms with Crippen LogP contribution in [0.5, 0.6) is 0 Å². The van der Waals surface area contributed by atoms with Crippen LogP contribution in [0.4, 0.5) is 10.1 Å². The number of halogens is 1. The van der Waals surface area contributed by atoms with Gasteiger partial charge in [0.05, 0.1) is 23.1 Å². The number of amides is 1. The Bertz CT molecular complexity index is 1780. The zero-order valence-electron chi connectivity index (χ0n) is 20.5. The third kappa shape index (κ3) is 4.36. The summed E-state index contributed by atoms with van der Waals surface area (Å²) in [6.45, 7) is 2.03. The van der Waals surface area contributed by atoms with Gasteiger partial charge in [-0.2, -0.15) is 5.10 Å². The fourth-order valence-electron chi connectivity index (χ4n) is 4.42. The van der Waals surface area contributed by atoms with E-state index in [1.54, 1.807) is 37.1 Å². The summed E-state index contributed by atoms with van der Waals surface area (Å²) in [7, 11) is 0. The van der Waals surface area contributed by atoms with E-state index in [0.717, 1.165) is 23.9 Å². The van der Waals surface area contributed by atoms with Crippen LogP contribution < -0.4 is 5.32 Å². The molecule has 5 heterocycles. The Morgan fingerprint density at radius 2 is 1.84 bits per heavy atom. The zero-order valence-corrected chi connectivity index (χ0v) is 20.5. The van der Waals surface area contributed by atoms with Crippen LogP contribution in [0.1, 0.15) is 26.2 Å². The van der Waals surface area contributed by atoms with Crippen molar-refractivity contribution in [2.75, 3.05) is 5.32 Å². The van der Waals surface area contributed by atoms with Gasteiger partial charge in [-0.1, -0.05) is 13.3 Å². The molecule has 0 saturated heterocycles. The van der Waals surface area contributed by atoms with Crippen molar-refractivity contribution in [3.63, 3.8) is 0 Å². The van der Waals surface area contributed by atoms with Gasteiger partial charge in [-0.25, -0.2) is 9.37 Å². The van der Waals surface area contributed by atoms with E-state index in [2.05, 4.69) is 35.5 Å².